The van der Waals surface area contributed by atoms with Gasteiger partial charge in [-0.15, -0.1) is 11.3 Å². The Morgan fingerprint density at radius 3 is 3.19 bits per heavy atom. The van der Waals surface area contributed by atoms with Crippen molar-refractivity contribution in [3.8, 4) is 0 Å². The molecule has 1 unspecified atom stereocenters. The van der Waals surface area contributed by atoms with E-state index in [4.69, 9.17) is 16.3 Å². The van der Waals surface area contributed by atoms with Gasteiger partial charge in [-0.1, -0.05) is 11.6 Å². The first-order valence-corrected chi connectivity index (χ1v) is 6.40. The summed E-state index contributed by atoms with van der Waals surface area (Å²) >= 11 is 7.30. The standard InChI is InChI=1S/C10H13ClN2O2S/c1-15-9(14)7-3-2-4-13(5-7)10-12-8(11)6-16-10/h6-7H,2-5H2,1H3. The first-order chi connectivity index (χ1) is 7.70. The van der Waals surface area contributed by atoms with Crippen LogP contribution in [0.2, 0.25) is 5.15 Å². The Kier molecular flexibility index (Phi) is 3.66. The van der Waals surface area contributed by atoms with E-state index in [0.717, 1.165) is 24.5 Å². The molecule has 0 bridgehead atoms. The van der Waals surface area contributed by atoms with Crippen LogP contribution in [0.3, 0.4) is 0 Å². The minimum Gasteiger partial charge on any atom is -0.469 e. The number of piperidine rings is 1. The second-order valence-corrected chi connectivity index (χ2v) is 4.98. The van der Waals surface area contributed by atoms with Gasteiger partial charge in [0, 0.05) is 18.5 Å². The predicted octanol–water partition coefficient (Wildman–Crippen LogP) is 2.19. The molecule has 6 heteroatoms. The maximum absolute atomic E-state index is 11.5. The van der Waals surface area contributed by atoms with Crippen LogP contribution in [0, 0.1) is 5.92 Å². The largest absolute Gasteiger partial charge is 0.469 e. The summed E-state index contributed by atoms with van der Waals surface area (Å²) in [5.74, 6) is -0.172. The van der Waals surface area contributed by atoms with Gasteiger partial charge in [0.25, 0.3) is 0 Å². The van der Waals surface area contributed by atoms with Crippen molar-refractivity contribution in [3.63, 3.8) is 0 Å². The number of rotatable bonds is 2. The average Bonchev–Trinajstić information content (AvgIpc) is 2.75. The normalized spacial score (nSPS) is 20.9. The van der Waals surface area contributed by atoms with Crippen molar-refractivity contribution in [1.29, 1.82) is 0 Å². The van der Waals surface area contributed by atoms with Gasteiger partial charge in [0.15, 0.2) is 5.13 Å². The zero-order valence-corrected chi connectivity index (χ0v) is 10.6. The summed E-state index contributed by atoms with van der Waals surface area (Å²) in [6.45, 7) is 1.61. The fourth-order valence-electron chi connectivity index (χ4n) is 1.90. The van der Waals surface area contributed by atoms with Crippen LogP contribution < -0.4 is 4.90 Å². The molecule has 0 aliphatic carbocycles. The molecule has 2 heterocycles. The summed E-state index contributed by atoms with van der Waals surface area (Å²) in [6.07, 6.45) is 1.87. The first kappa shape index (κ1) is 11.7. The SMILES string of the molecule is COC(=O)C1CCCN(c2nc(Cl)cs2)C1. The third-order valence-electron chi connectivity index (χ3n) is 2.69. The van der Waals surface area contributed by atoms with Gasteiger partial charge in [0.2, 0.25) is 0 Å². The van der Waals surface area contributed by atoms with Gasteiger partial charge in [-0.2, -0.15) is 0 Å². The van der Waals surface area contributed by atoms with Crippen molar-refractivity contribution < 1.29 is 9.53 Å². The number of esters is 1. The van der Waals surface area contributed by atoms with Crippen molar-refractivity contribution in [3.05, 3.63) is 10.5 Å². The Balaban J connectivity index is 2.04. The molecule has 0 radical (unpaired) electrons. The molecule has 4 nitrogen and oxygen atoms in total. The van der Waals surface area contributed by atoms with E-state index in [1.54, 1.807) is 5.38 Å². The molecule has 0 spiro atoms. The molecule has 1 aliphatic heterocycles. The number of ether oxygens (including phenoxy) is 1. The quantitative estimate of drug-likeness (QED) is 0.765. The fourth-order valence-corrected chi connectivity index (χ4v) is 2.89. The summed E-state index contributed by atoms with van der Waals surface area (Å²) in [7, 11) is 1.43. The molecule has 88 valence electrons. The molecule has 16 heavy (non-hydrogen) atoms. The van der Waals surface area contributed by atoms with E-state index in [1.165, 1.54) is 18.4 Å². The van der Waals surface area contributed by atoms with E-state index in [9.17, 15) is 4.79 Å². The topological polar surface area (TPSA) is 42.4 Å². The number of hydrogen-bond donors (Lipinski definition) is 0. The lowest BCUT2D eigenvalue weighted by Gasteiger charge is -2.30. The van der Waals surface area contributed by atoms with Crippen molar-refractivity contribution in [1.82, 2.24) is 4.98 Å². The molecule has 0 N–H and O–H groups in total. The van der Waals surface area contributed by atoms with Crippen LogP contribution >= 0.6 is 22.9 Å². The molecule has 0 saturated carbocycles. The Labute approximate surface area is 103 Å². The van der Waals surface area contributed by atoms with Crippen molar-refractivity contribution in [2.45, 2.75) is 12.8 Å². The molecule has 1 saturated heterocycles. The van der Waals surface area contributed by atoms with Gasteiger partial charge in [-0.25, -0.2) is 4.98 Å². The third-order valence-corrected chi connectivity index (χ3v) is 3.91. The summed E-state index contributed by atoms with van der Waals surface area (Å²) < 4.78 is 4.77. The van der Waals surface area contributed by atoms with Crippen LogP contribution in [0.1, 0.15) is 12.8 Å². The van der Waals surface area contributed by atoms with E-state index >= 15 is 0 Å². The van der Waals surface area contributed by atoms with Gasteiger partial charge in [0.1, 0.15) is 5.15 Å². The number of thiazole rings is 1. The third kappa shape index (κ3) is 2.47. The van der Waals surface area contributed by atoms with Crippen molar-refractivity contribution in [2.24, 2.45) is 5.92 Å². The zero-order valence-electron chi connectivity index (χ0n) is 8.98. The van der Waals surface area contributed by atoms with Crippen LogP contribution in [0.4, 0.5) is 5.13 Å². The Morgan fingerprint density at radius 2 is 2.56 bits per heavy atom. The Hall–Kier alpha value is -0.810. The lowest BCUT2D eigenvalue weighted by Crippen LogP contribution is -2.39. The lowest BCUT2D eigenvalue weighted by atomic mass is 9.99. The number of methoxy groups -OCH3 is 1. The Morgan fingerprint density at radius 1 is 1.75 bits per heavy atom. The van der Waals surface area contributed by atoms with Crippen LogP contribution in [0.25, 0.3) is 0 Å². The molecule has 1 fully saturated rings. The monoisotopic (exact) mass is 260 g/mol. The number of anilines is 1. The van der Waals surface area contributed by atoms with Gasteiger partial charge >= 0.3 is 5.97 Å². The van der Waals surface area contributed by atoms with Crippen molar-refractivity contribution >= 4 is 34.0 Å². The second kappa shape index (κ2) is 5.01. The number of aromatic nitrogens is 1. The summed E-state index contributed by atoms with van der Waals surface area (Å²) in [5.41, 5.74) is 0. The number of hydrogen-bond acceptors (Lipinski definition) is 5. The lowest BCUT2D eigenvalue weighted by molar-refractivity contribution is -0.145. The van der Waals surface area contributed by atoms with E-state index in [1.807, 2.05) is 0 Å². The first-order valence-electron chi connectivity index (χ1n) is 5.14. The van der Waals surface area contributed by atoms with Crippen LogP contribution in [-0.4, -0.2) is 31.2 Å². The van der Waals surface area contributed by atoms with Crippen molar-refractivity contribution in [2.75, 3.05) is 25.1 Å². The molecule has 1 aliphatic rings. The van der Waals surface area contributed by atoms with E-state index in [0.29, 0.717) is 11.7 Å². The molecular formula is C10H13ClN2O2S. The van der Waals surface area contributed by atoms with Crippen LogP contribution in [0.15, 0.2) is 5.38 Å². The fraction of sp³-hybridized carbons (Fsp3) is 0.600. The van der Waals surface area contributed by atoms with E-state index < -0.39 is 0 Å². The van der Waals surface area contributed by atoms with E-state index in [-0.39, 0.29) is 11.9 Å². The highest BCUT2D eigenvalue weighted by molar-refractivity contribution is 7.14. The van der Waals surface area contributed by atoms with Crippen LogP contribution in [-0.2, 0) is 9.53 Å². The second-order valence-electron chi connectivity index (χ2n) is 3.76. The summed E-state index contributed by atoms with van der Waals surface area (Å²) in [6, 6.07) is 0. The maximum atomic E-state index is 11.5. The minimum absolute atomic E-state index is 0.0403. The summed E-state index contributed by atoms with van der Waals surface area (Å²) in [5, 5.41) is 3.21. The highest BCUT2D eigenvalue weighted by Gasteiger charge is 2.27. The highest BCUT2D eigenvalue weighted by Crippen LogP contribution is 2.28. The molecule has 1 aromatic rings. The molecule has 1 aromatic heterocycles. The smallest absolute Gasteiger partial charge is 0.310 e. The number of carbonyl (C=O) groups excluding carboxylic acids is 1. The van der Waals surface area contributed by atoms with Crippen LogP contribution in [0.5, 0.6) is 0 Å². The predicted molar refractivity (Wildman–Crippen MR) is 64.1 cm³/mol. The van der Waals surface area contributed by atoms with Gasteiger partial charge < -0.3 is 9.64 Å². The minimum atomic E-state index is -0.132. The molecule has 1 atom stereocenters. The molecular weight excluding hydrogens is 248 g/mol. The maximum Gasteiger partial charge on any atom is 0.310 e. The zero-order chi connectivity index (χ0) is 11.5. The highest BCUT2D eigenvalue weighted by atomic mass is 35.5. The van der Waals surface area contributed by atoms with Gasteiger partial charge in [-0.3, -0.25) is 4.79 Å². The summed E-state index contributed by atoms with van der Waals surface area (Å²) in [4.78, 5) is 17.8. The molecule has 0 aromatic carbocycles. The Bertz CT molecular complexity index is 383. The van der Waals surface area contributed by atoms with Gasteiger partial charge in [-0.05, 0) is 12.8 Å². The molecule has 0 amide bonds. The number of halogens is 1. The van der Waals surface area contributed by atoms with E-state index in [2.05, 4.69) is 9.88 Å². The number of carbonyl (C=O) groups is 1. The average molecular weight is 261 g/mol. The van der Waals surface area contributed by atoms with Gasteiger partial charge in [0.05, 0.1) is 13.0 Å². The molecule has 2 rings (SSSR count). The number of nitrogens with zero attached hydrogens (tertiary/aromatic N) is 2.